The predicted molar refractivity (Wildman–Crippen MR) is 118 cm³/mol. The second-order valence-corrected chi connectivity index (χ2v) is 7.54. The second kappa shape index (κ2) is 6.73. The van der Waals surface area contributed by atoms with Crippen LogP contribution >= 0.6 is 0 Å². The van der Waals surface area contributed by atoms with Crippen molar-refractivity contribution in [1.82, 2.24) is 14.5 Å². The molecule has 0 bridgehead atoms. The van der Waals surface area contributed by atoms with Gasteiger partial charge in [0, 0.05) is 30.9 Å². The van der Waals surface area contributed by atoms with E-state index < -0.39 is 17.2 Å². The molecule has 1 unspecified atom stereocenters. The van der Waals surface area contributed by atoms with Gasteiger partial charge in [0.2, 0.25) is 5.91 Å². The Hall–Kier alpha value is -4.07. The Bertz CT molecular complexity index is 1480. The molecule has 0 saturated carbocycles. The highest BCUT2D eigenvalue weighted by Gasteiger charge is 2.40. The van der Waals surface area contributed by atoms with Crippen LogP contribution in [0.4, 0.5) is 5.69 Å². The van der Waals surface area contributed by atoms with E-state index in [1.54, 1.807) is 26.1 Å². The quantitative estimate of drug-likeness (QED) is 0.535. The molecule has 3 heterocycles. The number of benzene rings is 2. The highest BCUT2D eigenvalue weighted by molar-refractivity contribution is 6.10. The first-order chi connectivity index (χ1) is 14.9. The van der Waals surface area contributed by atoms with Crippen LogP contribution in [0.3, 0.4) is 0 Å². The maximum Gasteiger partial charge on any atom is 0.329 e. The van der Waals surface area contributed by atoms with E-state index in [9.17, 15) is 14.4 Å². The number of aryl methyl sites for hydroxylation is 1. The maximum absolute atomic E-state index is 13.4. The lowest BCUT2D eigenvalue weighted by molar-refractivity contribution is -0.118. The standard InChI is InChI=1S/C23H20N4O4/c1-26-14-10-6-4-8-12(14)16(22(26)29)17-18-20(27(2)23(30)25-21(18)28)24-19(17)13-9-5-7-11-15(13)31-3/h4-11,16,24H,1-3H3,(H,25,28,30). The normalized spacial score (nSPS) is 15.5. The average Bonchev–Trinajstić information content (AvgIpc) is 3.28. The molecule has 0 saturated heterocycles. The average molecular weight is 416 g/mol. The molecule has 2 aromatic carbocycles. The number of aromatic amines is 2. The van der Waals surface area contributed by atoms with E-state index in [0.717, 1.165) is 11.3 Å². The summed E-state index contributed by atoms with van der Waals surface area (Å²) < 4.78 is 6.89. The maximum atomic E-state index is 13.4. The minimum Gasteiger partial charge on any atom is -0.496 e. The Morgan fingerprint density at radius 2 is 1.65 bits per heavy atom. The zero-order valence-corrected chi connectivity index (χ0v) is 17.2. The van der Waals surface area contributed by atoms with Crippen LogP contribution in [0.1, 0.15) is 17.0 Å². The highest BCUT2D eigenvalue weighted by Crippen LogP contribution is 2.46. The van der Waals surface area contributed by atoms with Crippen LogP contribution in [-0.4, -0.2) is 34.6 Å². The number of carbonyl (C=O) groups is 1. The van der Waals surface area contributed by atoms with Gasteiger partial charge in [-0.3, -0.25) is 19.1 Å². The summed E-state index contributed by atoms with van der Waals surface area (Å²) in [6, 6.07) is 14.9. The topological polar surface area (TPSA) is 100 Å². The van der Waals surface area contributed by atoms with Crippen molar-refractivity contribution in [3.63, 3.8) is 0 Å². The molecule has 0 spiro atoms. The van der Waals surface area contributed by atoms with Gasteiger partial charge in [0.25, 0.3) is 5.56 Å². The van der Waals surface area contributed by atoms with Crippen molar-refractivity contribution >= 4 is 22.6 Å². The minimum atomic E-state index is -0.700. The summed E-state index contributed by atoms with van der Waals surface area (Å²) in [6.07, 6.45) is 0. The van der Waals surface area contributed by atoms with Gasteiger partial charge in [0.05, 0.1) is 24.1 Å². The second-order valence-electron chi connectivity index (χ2n) is 7.54. The molecule has 1 aliphatic heterocycles. The summed E-state index contributed by atoms with van der Waals surface area (Å²) in [6.45, 7) is 0. The SMILES string of the molecule is COc1ccccc1-c1[nH]c2c(c1C1C(=O)N(C)c3ccccc31)c(=O)[nH]c(=O)n2C. The van der Waals surface area contributed by atoms with Crippen molar-refractivity contribution in [2.45, 2.75) is 5.92 Å². The summed E-state index contributed by atoms with van der Waals surface area (Å²) in [4.78, 5) is 45.8. The Kier molecular flexibility index (Phi) is 4.11. The van der Waals surface area contributed by atoms with Crippen molar-refractivity contribution in [2.75, 3.05) is 19.1 Å². The van der Waals surface area contributed by atoms with Crippen molar-refractivity contribution in [1.29, 1.82) is 0 Å². The molecule has 2 N–H and O–H groups in total. The van der Waals surface area contributed by atoms with E-state index in [4.69, 9.17) is 4.74 Å². The van der Waals surface area contributed by atoms with Gasteiger partial charge in [-0.25, -0.2) is 4.79 Å². The number of fused-ring (bicyclic) bond motifs is 2. The number of hydrogen-bond acceptors (Lipinski definition) is 4. The molecule has 4 aromatic rings. The van der Waals surface area contributed by atoms with Crippen LogP contribution in [-0.2, 0) is 11.8 Å². The number of amides is 1. The van der Waals surface area contributed by atoms with Crippen LogP contribution in [0.2, 0.25) is 0 Å². The molecule has 156 valence electrons. The largest absolute Gasteiger partial charge is 0.496 e. The lowest BCUT2D eigenvalue weighted by atomic mass is 9.89. The number of nitrogens with zero attached hydrogens (tertiary/aromatic N) is 2. The molecule has 0 fully saturated rings. The van der Waals surface area contributed by atoms with Gasteiger partial charge in [0.1, 0.15) is 11.4 Å². The summed E-state index contributed by atoms with van der Waals surface area (Å²) in [5.74, 6) is -0.260. The Morgan fingerprint density at radius 1 is 0.935 bits per heavy atom. The summed E-state index contributed by atoms with van der Waals surface area (Å²) in [5, 5.41) is 0.284. The number of likely N-dealkylation sites (N-methyl/N-ethyl adjacent to an activating group) is 1. The van der Waals surface area contributed by atoms with Crippen LogP contribution in [0.5, 0.6) is 5.75 Å². The Morgan fingerprint density at radius 3 is 2.42 bits per heavy atom. The fraction of sp³-hybridized carbons (Fsp3) is 0.174. The number of para-hydroxylation sites is 2. The number of H-pyrrole nitrogens is 2. The van der Waals surface area contributed by atoms with Gasteiger partial charge in [0.15, 0.2) is 0 Å². The third-order valence-electron chi connectivity index (χ3n) is 5.96. The van der Waals surface area contributed by atoms with Crippen LogP contribution in [0, 0.1) is 0 Å². The lowest BCUT2D eigenvalue weighted by Crippen LogP contribution is -2.29. The van der Waals surface area contributed by atoms with Crippen LogP contribution < -0.4 is 20.9 Å². The van der Waals surface area contributed by atoms with E-state index in [1.807, 2.05) is 48.5 Å². The summed E-state index contributed by atoms with van der Waals surface area (Å²) >= 11 is 0. The molecule has 0 radical (unpaired) electrons. The van der Waals surface area contributed by atoms with E-state index >= 15 is 0 Å². The number of aromatic nitrogens is 3. The molecule has 5 rings (SSSR count). The molecular formula is C23H20N4O4. The van der Waals surface area contributed by atoms with Gasteiger partial charge in [-0.2, -0.15) is 0 Å². The Balaban J connectivity index is 1.95. The number of nitrogens with one attached hydrogen (secondary N) is 2. The zero-order chi connectivity index (χ0) is 21.9. The number of ether oxygens (including phenoxy) is 1. The monoisotopic (exact) mass is 416 g/mol. The van der Waals surface area contributed by atoms with Crippen LogP contribution in [0.25, 0.3) is 22.3 Å². The van der Waals surface area contributed by atoms with E-state index in [2.05, 4.69) is 9.97 Å². The number of methoxy groups -OCH3 is 1. The first kappa shape index (κ1) is 18.9. The third-order valence-corrected chi connectivity index (χ3v) is 5.96. The van der Waals surface area contributed by atoms with E-state index in [-0.39, 0.29) is 11.3 Å². The molecule has 31 heavy (non-hydrogen) atoms. The van der Waals surface area contributed by atoms with Gasteiger partial charge in [-0.05, 0) is 23.8 Å². The Labute approximate surface area is 176 Å². The molecule has 1 aliphatic rings. The van der Waals surface area contributed by atoms with E-state index in [1.165, 1.54) is 4.57 Å². The highest BCUT2D eigenvalue weighted by atomic mass is 16.5. The molecule has 0 aliphatic carbocycles. The van der Waals surface area contributed by atoms with Gasteiger partial charge >= 0.3 is 5.69 Å². The molecule has 8 nitrogen and oxygen atoms in total. The fourth-order valence-electron chi connectivity index (χ4n) is 4.44. The number of hydrogen-bond donors (Lipinski definition) is 2. The first-order valence-corrected chi connectivity index (χ1v) is 9.78. The lowest BCUT2D eigenvalue weighted by Gasteiger charge is -2.14. The fourth-order valence-corrected chi connectivity index (χ4v) is 4.44. The van der Waals surface area contributed by atoms with Crippen molar-refractivity contribution in [3.05, 3.63) is 80.5 Å². The number of carbonyl (C=O) groups excluding carboxylic acids is 1. The smallest absolute Gasteiger partial charge is 0.329 e. The van der Waals surface area contributed by atoms with E-state index in [0.29, 0.717) is 28.2 Å². The van der Waals surface area contributed by atoms with Crippen molar-refractivity contribution < 1.29 is 9.53 Å². The first-order valence-electron chi connectivity index (χ1n) is 9.78. The predicted octanol–water partition coefficient (Wildman–Crippen LogP) is 2.34. The molecular weight excluding hydrogens is 396 g/mol. The zero-order valence-electron chi connectivity index (χ0n) is 17.2. The minimum absolute atomic E-state index is 0.147. The van der Waals surface area contributed by atoms with Crippen LogP contribution in [0.15, 0.2) is 58.1 Å². The summed E-state index contributed by atoms with van der Waals surface area (Å²) in [5.41, 5.74) is 2.67. The molecule has 2 aromatic heterocycles. The number of rotatable bonds is 3. The van der Waals surface area contributed by atoms with Crippen molar-refractivity contribution in [3.8, 4) is 17.0 Å². The van der Waals surface area contributed by atoms with Gasteiger partial charge < -0.3 is 14.6 Å². The molecule has 8 heteroatoms. The van der Waals surface area contributed by atoms with Gasteiger partial charge in [-0.1, -0.05) is 30.3 Å². The third kappa shape index (κ3) is 2.58. The van der Waals surface area contributed by atoms with Gasteiger partial charge in [-0.15, -0.1) is 0 Å². The van der Waals surface area contributed by atoms with Crippen molar-refractivity contribution in [2.24, 2.45) is 7.05 Å². The number of anilines is 1. The molecule has 1 amide bonds. The summed E-state index contributed by atoms with van der Waals surface area (Å²) in [7, 11) is 4.86. The molecule has 1 atom stereocenters.